The van der Waals surface area contributed by atoms with E-state index in [1.54, 1.807) is 24.3 Å². The minimum absolute atomic E-state index is 0.00642. The Morgan fingerprint density at radius 1 is 1.18 bits per heavy atom. The monoisotopic (exact) mass is 390 g/mol. The van der Waals surface area contributed by atoms with E-state index in [-0.39, 0.29) is 36.4 Å². The summed E-state index contributed by atoms with van der Waals surface area (Å²) in [7, 11) is 4.45. The van der Waals surface area contributed by atoms with Crippen LogP contribution in [0.3, 0.4) is 0 Å². The van der Waals surface area contributed by atoms with Crippen molar-refractivity contribution in [3.05, 3.63) is 59.3 Å². The average Bonchev–Trinajstić information content (AvgIpc) is 2.71. The Labute approximate surface area is 164 Å². The molecule has 0 heterocycles. The molecule has 1 unspecified atom stereocenters. The molecular formula is C21H26O7. The number of carbonyl (C=O) groups excluding carboxylic acids is 1. The maximum absolute atomic E-state index is 11.9. The molecular weight excluding hydrogens is 364 g/mol. The summed E-state index contributed by atoms with van der Waals surface area (Å²) < 4.78 is 20.6. The Morgan fingerprint density at radius 2 is 1.96 bits per heavy atom. The zero-order chi connectivity index (χ0) is 20.5. The third kappa shape index (κ3) is 5.70. The summed E-state index contributed by atoms with van der Waals surface area (Å²) in [6.45, 7) is 0.155. The van der Waals surface area contributed by atoms with Gasteiger partial charge >= 0.3 is 5.97 Å². The summed E-state index contributed by atoms with van der Waals surface area (Å²) in [5.74, 6) is 0.918. The van der Waals surface area contributed by atoms with Crippen molar-refractivity contribution in [2.24, 2.45) is 5.92 Å². The molecule has 0 bridgehead atoms. The van der Waals surface area contributed by atoms with Gasteiger partial charge in [-0.05, 0) is 30.2 Å². The van der Waals surface area contributed by atoms with Crippen LogP contribution in [-0.2, 0) is 25.4 Å². The maximum Gasteiger partial charge on any atom is 0.306 e. The van der Waals surface area contributed by atoms with Crippen molar-refractivity contribution in [2.75, 3.05) is 27.9 Å². The lowest BCUT2D eigenvalue weighted by atomic mass is 9.97. The molecule has 0 radical (unpaired) electrons. The number of phenols is 1. The van der Waals surface area contributed by atoms with Gasteiger partial charge in [0.1, 0.15) is 12.4 Å². The summed E-state index contributed by atoms with van der Waals surface area (Å²) in [4.78, 5) is 11.9. The van der Waals surface area contributed by atoms with E-state index in [9.17, 15) is 15.0 Å². The Balaban J connectivity index is 1.78. The molecule has 152 valence electrons. The second kappa shape index (κ2) is 10.3. The van der Waals surface area contributed by atoms with Gasteiger partial charge in [0.2, 0.25) is 0 Å². The number of ether oxygens (including phenoxy) is 4. The van der Waals surface area contributed by atoms with E-state index in [0.717, 1.165) is 5.56 Å². The Bertz CT molecular complexity index is 777. The number of hydrogen-bond acceptors (Lipinski definition) is 7. The van der Waals surface area contributed by atoms with Gasteiger partial charge in [-0.1, -0.05) is 18.2 Å². The molecule has 1 aromatic carbocycles. The number of carbonyl (C=O) groups is 1. The van der Waals surface area contributed by atoms with Crippen molar-refractivity contribution >= 4 is 5.97 Å². The van der Waals surface area contributed by atoms with Crippen LogP contribution >= 0.6 is 0 Å². The van der Waals surface area contributed by atoms with Crippen LogP contribution in [-0.4, -0.2) is 44.1 Å². The number of hydrogen-bond donors (Lipinski definition) is 2. The van der Waals surface area contributed by atoms with Gasteiger partial charge in [0, 0.05) is 18.8 Å². The second-order valence-electron chi connectivity index (χ2n) is 6.20. The van der Waals surface area contributed by atoms with E-state index in [0.29, 0.717) is 30.1 Å². The minimum atomic E-state index is -0.316. The highest BCUT2D eigenvalue weighted by Crippen LogP contribution is 2.29. The minimum Gasteiger partial charge on any atom is -0.504 e. The number of phenolic OH excluding ortho intramolecular Hbond substituents is 1. The van der Waals surface area contributed by atoms with E-state index in [1.165, 1.54) is 27.4 Å². The molecule has 1 atom stereocenters. The number of allylic oxidation sites excluding steroid dienone is 3. The summed E-state index contributed by atoms with van der Waals surface area (Å²) >= 11 is 0. The number of aromatic hydroxyl groups is 1. The quantitative estimate of drug-likeness (QED) is 0.493. The predicted octanol–water partition coefficient (Wildman–Crippen LogP) is 3.40. The standard InChI is InChI=1S/C21H26O7/c1-25-17-11-14(6-8-16(17)22)7-9-20(23)28-10-4-5-15-12-18(26-2)21(24)19(13-15)27-3/h4-6,8,11-12,15,22,24H,7,9-10,13H2,1-3H3/b5-4+. The van der Waals surface area contributed by atoms with Gasteiger partial charge in [-0.3, -0.25) is 4.79 Å². The van der Waals surface area contributed by atoms with E-state index >= 15 is 0 Å². The highest BCUT2D eigenvalue weighted by atomic mass is 16.5. The topological polar surface area (TPSA) is 94.5 Å². The van der Waals surface area contributed by atoms with Gasteiger partial charge in [0.25, 0.3) is 0 Å². The molecule has 0 spiro atoms. The molecule has 0 saturated heterocycles. The number of rotatable bonds is 9. The van der Waals surface area contributed by atoms with Gasteiger partial charge in [-0.2, -0.15) is 0 Å². The van der Waals surface area contributed by atoms with Gasteiger partial charge in [0.05, 0.1) is 21.3 Å². The number of aliphatic hydroxyl groups is 1. The zero-order valence-corrected chi connectivity index (χ0v) is 16.3. The SMILES string of the molecule is COC1=CC(/C=C/COC(=O)CCc2ccc(O)c(OC)c2)CC(OC)=C1O. The number of aryl methyl sites for hydroxylation is 1. The van der Waals surface area contributed by atoms with Gasteiger partial charge in [-0.15, -0.1) is 0 Å². The van der Waals surface area contributed by atoms with E-state index in [4.69, 9.17) is 18.9 Å². The molecule has 0 fully saturated rings. The average molecular weight is 390 g/mol. The number of esters is 1. The van der Waals surface area contributed by atoms with Crippen LogP contribution in [0, 0.1) is 5.92 Å². The Morgan fingerprint density at radius 3 is 2.64 bits per heavy atom. The van der Waals surface area contributed by atoms with E-state index in [2.05, 4.69) is 0 Å². The van der Waals surface area contributed by atoms with Crippen molar-refractivity contribution in [1.82, 2.24) is 0 Å². The second-order valence-corrected chi connectivity index (χ2v) is 6.20. The predicted molar refractivity (Wildman–Crippen MR) is 103 cm³/mol. The molecule has 0 amide bonds. The largest absolute Gasteiger partial charge is 0.504 e. The first-order valence-electron chi connectivity index (χ1n) is 8.89. The Kier molecular flexibility index (Phi) is 7.80. The van der Waals surface area contributed by atoms with Gasteiger partial charge < -0.3 is 29.2 Å². The number of methoxy groups -OCH3 is 3. The fourth-order valence-corrected chi connectivity index (χ4v) is 2.82. The van der Waals surface area contributed by atoms with Crippen LogP contribution in [0.15, 0.2) is 53.7 Å². The van der Waals surface area contributed by atoms with Crippen LogP contribution < -0.4 is 4.74 Å². The molecule has 0 saturated carbocycles. The summed E-state index contributed by atoms with van der Waals surface area (Å²) in [6.07, 6.45) is 6.64. The summed E-state index contributed by atoms with van der Waals surface area (Å²) in [5, 5.41) is 19.5. The van der Waals surface area contributed by atoms with Crippen LogP contribution in [0.2, 0.25) is 0 Å². The van der Waals surface area contributed by atoms with Crippen molar-refractivity contribution in [2.45, 2.75) is 19.3 Å². The molecule has 1 aliphatic rings. The molecule has 28 heavy (non-hydrogen) atoms. The smallest absolute Gasteiger partial charge is 0.306 e. The maximum atomic E-state index is 11.9. The van der Waals surface area contributed by atoms with Crippen LogP contribution in [0.5, 0.6) is 11.5 Å². The van der Waals surface area contributed by atoms with Gasteiger partial charge in [-0.25, -0.2) is 0 Å². The first-order valence-corrected chi connectivity index (χ1v) is 8.89. The van der Waals surface area contributed by atoms with Crippen molar-refractivity contribution in [3.63, 3.8) is 0 Å². The molecule has 0 aromatic heterocycles. The van der Waals surface area contributed by atoms with Crippen LogP contribution in [0.1, 0.15) is 18.4 Å². The van der Waals surface area contributed by atoms with Crippen LogP contribution in [0.4, 0.5) is 0 Å². The van der Waals surface area contributed by atoms with Crippen LogP contribution in [0.25, 0.3) is 0 Å². The lowest BCUT2D eigenvalue weighted by molar-refractivity contribution is -0.142. The third-order valence-electron chi connectivity index (χ3n) is 4.34. The molecule has 2 rings (SSSR count). The fraction of sp³-hybridized carbons (Fsp3) is 0.381. The third-order valence-corrected chi connectivity index (χ3v) is 4.34. The molecule has 0 aliphatic heterocycles. The first kappa shape index (κ1) is 21.2. The summed E-state index contributed by atoms with van der Waals surface area (Å²) in [5.41, 5.74) is 0.875. The normalized spacial score (nSPS) is 16.7. The lowest BCUT2D eigenvalue weighted by Crippen LogP contribution is -2.11. The molecule has 1 aliphatic carbocycles. The van der Waals surface area contributed by atoms with Crippen molar-refractivity contribution in [3.8, 4) is 11.5 Å². The van der Waals surface area contributed by atoms with E-state index in [1.807, 2.05) is 6.08 Å². The summed E-state index contributed by atoms with van der Waals surface area (Å²) in [6, 6.07) is 4.97. The fourth-order valence-electron chi connectivity index (χ4n) is 2.82. The number of aliphatic hydroxyl groups excluding tert-OH is 1. The van der Waals surface area contributed by atoms with Gasteiger partial charge in [0.15, 0.2) is 23.0 Å². The van der Waals surface area contributed by atoms with Crippen molar-refractivity contribution < 1.29 is 34.0 Å². The molecule has 2 N–H and O–H groups in total. The zero-order valence-electron chi connectivity index (χ0n) is 16.3. The highest BCUT2D eigenvalue weighted by molar-refractivity contribution is 5.69. The number of benzene rings is 1. The first-order chi connectivity index (χ1) is 13.5. The molecule has 1 aromatic rings. The highest BCUT2D eigenvalue weighted by Gasteiger charge is 2.22. The Hall–Kier alpha value is -3.09. The molecule has 7 nitrogen and oxygen atoms in total. The van der Waals surface area contributed by atoms with E-state index < -0.39 is 0 Å². The molecule has 7 heteroatoms. The van der Waals surface area contributed by atoms with Crippen molar-refractivity contribution in [1.29, 1.82) is 0 Å². The lowest BCUT2D eigenvalue weighted by Gasteiger charge is -2.20.